The molecule has 0 bridgehead atoms. The second-order valence-corrected chi connectivity index (χ2v) is 10.1. The van der Waals surface area contributed by atoms with Crippen LogP contribution >= 0.6 is 0 Å². The molecule has 0 spiro atoms. The molecule has 2 aromatic carbocycles. The fourth-order valence-corrected chi connectivity index (χ4v) is 4.13. The summed E-state index contributed by atoms with van der Waals surface area (Å²) in [6.45, 7) is 12.2. The lowest BCUT2D eigenvalue weighted by Crippen LogP contribution is -2.13. The lowest BCUT2D eigenvalue weighted by atomic mass is 9.83. The Morgan fingerprint density at radius 1 is 0.625 bits per heavy atom. The van der Waals surface area contributed by atoms with Crippen molar-refractivity contribution in [2.45, 2.75) is 52.4 Å². The summed E-state index contributed by atoms with van der Waals surface area (Å²) in [5.41, 5.74) is 2.44. The highest BCUT2D eigenvalue weighted by Gasteiger charge is 2.42. The average Bonchev–Trinajstić information content (AvgIpc) is 3.19. The van der Waals surface area contributed by atoms with Gasteiger partial charge in [-0.05, 0) is 35.1 Å². The third-order valence-electron chi connectivity index (χ3n) is 5.80. The van der Waals surface area contributed by atoms with Gasteiger partial charge in [-0.2, -0.15) is 0 Å². The Morgan fingerprint density at radius 2 is 0.969 bits per heavy atom. The van der Waals surface area contributed by atoms with Crippen molar-refractivity contribution in [3.63, 3.8) is 0 Å². The number of benzene rings is 2. The first-order valence-electron chi connectivity index (χ1n) is 10.5. The number of esters is 2. The molecule has 0 aromatic heterocycles. The van der Waals surface area contributed by atoms with Crippen LogP contribution in [0, 0.1) is 0 Å². The highest BCUT2D eigenvalue weighted by molar-refractivity contribution is 6.41. The molecule has 168 valence electrons. The van der Waals surface area contributed by atoms with Crippen molar-refractivity contribution in [1.82, 2.24) is 0 Å². The molecule has 0 radical (unpaired) electrons. The Hall–Kier alpha value is -3.28. The number of carbonyl (C=O) groups is 2. The third-order valence-corrected chi connectivity index (χ3v) is 5.80. The normalized spacial score (nSPS) is 17.6. The second kappa shape index (κ2) is 7.12. The van der Waals surface area contributed by atoms with Crippen LogP contribution in [-0.4, -0.2) is 26.2 Å². The molecule has 2 heterocycles. The van der Waals surface area contributed by atoms with Gasteiger partial charge in [-0.1, -0.05) is 41.5 Å². The summed E-state index contributed by atoms with van der Waals surface area (Å²) < 4.78 is 22.4. The van der Waals surface area contributed by atoms with E-state index in [1.165, 1.54) is 0 Å². The molecular weight excluding hydrogens is 408 g/mol. The van der Waals surface area contributed by atoms with Crippen molar-refractivity contribution in [2.75, 3.05) is 14.2 Å². The monoisotopic (exact) mass is 436 g/mol. The van der Waals surface area contributed by atoms with Crippen LogP contribution in [0.2, 0.25) is 0 Å². The summed E-state index contributed by atoms with van der Waals surface area (Å²) in [5, 5.41) is 0. The molecule has 0 unspecified atom stereocenters. The summed E-state index contributed by atoms with van der Waals surface area (Å²) in [6.07, 6.45) is 0. The molecular formula is C26H28O6. The summed E-state index contributed by atoms with van der Waals surface area (Å²) in [6, 6.07) is 7.19. The average molecular weight is 437 g/mol. The standard InChI is InChI=1S/C26H28O6/c1-25(2,3)17-11-13(29-7)9-15-19(23(27)31-21(15)17)20-16-10-14(30-8)12-18(26(4,5)6)22(16)32-24(20)28/h9-12H,1-8H3. The summed E-state index contributed by atoms with van der Waals surface area (Å²) in [7, 11) is 3.14. The molecule has 0 amide bonds. The van der Waals surface area contributed by atoms with Crippen molar-refractivity contribution >= 4 is 23.1 Å². The first kappa shape index (κ1) is 21.9. The van der Waals surface area contributed by atoms with Gasteiger partial charge in [-0.25, -0.2) is 9.59 Å². The van der Waals surface area contributed by atoms with Gasteiger partial charge < -0.3 is 18.9 Å². The zero-order valence-corrected chi connectivity index (χ0v) is 19.8. The number of rotatable bonds is 2. The van der Waals surface area contributed by atoms with Gasteiger partial charge in [-0.15, -0.1) is 0 Å². The Balaban J connectivity index is 2.07. The van der Waals surface area contributed by atoms with Crippen LogP contribution in [0.25, 0.3) is 11.1 Å². The van der Waals surface area contributed by atoms with Crippen molar-refractivity contribution in [3.05, 3.63) is 46.5 Å². The van der Waals surface area contributed by atoms with Gasteiger partial charge in [-0.3, -0.25) is 0 Å². The largest absolute Gasteiger partial charge is 0.497 e. The molecule has 2 aliphatic heterocycles. The van der Waals surface area contributed by atoms with Gasteiger partial charge in [0.05, 0.1) is 25.4 Å². The molecule has 4 rings (SSSR count). The zero-order chi connectivity index (χ0) is 23.6. The van der Waals surface area contributed by atoms with Crippen LogP contribution < -0.4 is 18.9 Å². The molecule has 0 aliphatic carbocycles. The second-order valence-electron chi connectivity index (χ2n) is 10.1. The van der Waals surface area contributed by atoms with Crippen molar-refractivity contribution < 1.29 is 28.5 Å². The molecule has 0 fully saturated rings. The zero-order valence-electron chi connectivity index (χ0n) is 19.8. The molecule has 0 saturated carbocycles. The van der Waals surface area contributed by atoms with Gasteiger partial charge in [0, 0.05) is 22.3 Å². The number of methoxy groups -OCH3 is 2. The van der Waals surface area contributed by atoms with Gasteiger partial charge in [0.25, 0.3) is 0 Å². The van der Waals surface area contributed by atoms with E-state index in [0.29, 0.717) is 34.1 Å². The molecule has 6 nitrogen and oxygen atoms in total. The minimum atomic E-state index is -0.585. The molecule has 0 N–H and O–H groups in total. The maximum atomic E-state index is 13.1. The first-order chi connectivity index (χ1) is 14.9. The highest BCUT2D eigenvalue weighted by Crippen LogP contribution is 2.51. The smallest absolute Gasteiger partial charge is 0.345 e. The topological polar surface area (TPSA) is 71.1 Å². The van der Waals surface area contributed by atoms with Gasteiger partial charge in [0.15, 0.2) is 0 Å². The fourth-order valence-electron chi connectivity index (χ4n) is 4.13. The quantitative estimate of drug-likeness (QED) is 0.373. The summed E-state index contributed by atoms with van der Waals surface area (Å²) >= 11 is 0. The number of ether oxygens (including phenoxy) is 4. The molecule has 0 atom stereocenters. The van der Waals surface area contributed by atoms with Crippen LogP contribution in [0.5, 0.6) is 23.0 Å². The van der Waals surface area contributed by atoms with Gasteiger partial charge >= 0.3 is 11.9 Å². The van der Waals surface area contributed by atoms with E-state index < -0.39 is 11.9 Å². The predicted molar refractivity (Wildman–Crippen MR) is 121 cm³/mol. The van der Waals surface area contributed by atoms with E-state index in [-0.39, 0.29) is 22.0 Å². The molecule has 2 aliphatic rings. The van der Waals surface area contributed by atoms with Crippen LogP contribution in [0.4, 0.5) is 0 Å². The maximum Gasteiger partial charge on any atom is 0.345 e. The Bertz CT molecular complexity index is 1090. The lowest BCUT2D eigenvalue weighted by Gasteiger charge is -2.22. The van der Waals surface area contributed by atoms with Crippen LogP contribution in [0.3, 0.4) is 0 Å². The van der Waals surface area contributed by atoms with Crippen molar-refractivity contribution in [2.24, 2.45) is 0 Å². The molecule has 2 aromatic rings. The summed E-state index contributed by atoms with van der Waals surface area (Å²) in [5.74, 6) is 0.893. The van der Waals surface area contributed by atoms with E-state index in [4.69, 9.17) is 18.9 Å². The Kier molecular flexibility index (Phi) is 4.88. The van der Waals surface area contributed by atoms with Gasteiger partial charge in [0.1, 0.15) is 23.0 Å². The van der Waals surface area contributed by atoms with Crippen LogP contribution in [-0.2, 0) is 20.4 Å². The van der Waals surface area contributed by atoms with Gasteiger partial charge in [0.2, 0.25) is 0 Å². The molecule has 0 saturated heterocycles. The predicted octanol–water partition coefficient (Wildman–Crippen LogP) is 5.05. The van der Waals surface area contributed by atoms with E-state index in [0.717, 1.165) is 11.1 Å². The van der Waals surface area contributed by atoms with Crippen molar-refractivity contribution in [1.29, 1.82) is 0 Å². The van der Waals surface area contributed by atoms with E-state index in [2.05, 4.69) is 0 Å². The van der Waals surface area contributed by atoms with E-state index >= 15 is 0 Å². The fraction of sp³-hybridized carbons (Fsp3) is 0.385. The van der Waals surface area contributed by atoms with E-state index in [9.17, 15) is 9.59 Å². The van der Waals surface area contributed by atoms with Crippen molar-refractivity contribution in [3.8, 4) is 23.0 Å². The number of hydrogen-bond acceptors (Lipinski definition) is 6. The number of fused-ring (bicyclic) bond motifs is 2. The summed E-state index contributed by atoms with van der Waals surface area (Å²) in [4.78, 5) is 26.3. The highest BCUT2D eigenvalue weighted by atomic mass is 16.5. The van der Waals surface area contributed by atoms with Crippen LogP contribution in [0.15, 0.2) is 24.3 Å². The third kappa shape index (κ3) is 3.34. The Labute approximate surface area is 188 Å². The SMILES string of the molecule is COc1cc2c(c(C(C)(C)C)c1)OC(=O)C2=C1C(=O)Oc2c1cc(OC)cc2C(C)(C)C. The number of carbonyl (C=O) groups excluding carboxylic acids is 2. The molecule has 32 heavy (non-hydrogen) atoms. The molecule has 6 heteroatoms. The van der Waals surface area contributed by atoms with Crippen LogP contribution in [0.1, 0.15) is 63.8 Å². The first-order valence-corrected chi connectivity index (χ1v) is 10.5. The maximum absolute atomic E-state index is 13.1. The van der Waals surface area contributed by atoms with E-state index in [1.807, 2.05) is 53.7 Å². The van der Waals surface area contributed by atoms with E-state index in [1.54, 1.807) is 26.4 Å². The Morgan fingerprint density at radius 3 is 1.25 bits per heavy atom. The minimum absolute atomic E-state index is 0.182. The minimum Gasteiger partial charge on any atom is -0.497 e. The lowest BCUT2D eigenvalue weighted by molar-refractivity contribution is -0.129. The number of hydrogen-bond donors (Lipinski definition) is 0.